The maximum Gasteiger partial charge on any atom is 0.211 e. The summed E-state index contributed by atoms with van der Waals surface area (Å²) in [5.74, 6) is 0.788. The number of phenolic OH excluding ortho intramolecular Hbond substituents is 2. The third-order valence-electron chi connectivity index (χ3n) is 3.93. The number of amides is 1. The molecular weight excluding hydrogens is 342 g/mol. The summed E-state index contributed by atoms with van der Waals surface area (Å²) in [6.45, 7) is 6.48. The van der Waals surface area contributed by atoms with Gasteiger partial charge in [0.25, 0.3) is 0 Å². The van der Waals surface area contributed by atoms with E-state index in [-0.39, 0.29) is 11.5 Å². The molecule has 0 aromatic heterocycles. The van der Waals surface area contributed by atoms with Gasteiger partial charge >= 0.3 is 0 Å². The van der Waals surface area contributed by atoms with Crippen molar-refractivity contribution in [3.05, 3.63) is 58.7 Å². The molecule has 2 aromatic carbocycles. The van der Waals surface area contributed by atoms with Crippen molar-refractivity contribution < 1.29 is 19.7 Å². The molecular formula is C22H25NO4. The minimum Gasteiger partial charge on any atom is -0.508 e. The number of hydrogen-bond donors (Lipinski definition) is 3. The molecule has 0 spiro atoms. The highest BCUT2D eigenvalue weighted by Crippen LogP contribution is 2.31. The van der Waals surface area contributed by atoms with Crippen molar-refractivity contribution in [3.8, 4) is 17.2 Å². The van der Waals surface area contributed by atoms with Gasteiger partial charge in [0.15, 0.2) is 0 Å². The molecule has 0 radical (unpaired) electrons. The van der Waals surface area contributed by atoms with Crippen molar-refractivity contribution in [2.45, 2.75) is 27.2 Å². The molecule has 2 aromatic rings. The van der Waals surface area contributed by atoms with Crippen molar-refractivity contribution in [3.63, 3.8) is 0 Å². The highest BCUT2D eigenvalue weighted by atomic mass is 16.5. The smallest absolute Gasteiger partial charge is 0.211 e. The summed E-state index contributed by atoms with van der Waals surface area (Å²) >= 11 is 0. The number of allylic oxidation sites excluding steroid dienone is 2. The number of benzene rings is 2. The molecule has 0 aliphatic rings. The number of carbonyl (C=O) groups is 1. The van der Waals surface area contributed by atoms with E-state index in [9.17, 15) is 15.0 Å². The van der Waals surface area contributed by atoms with Crippen LogP contribution in [0.5, 0.6) is 17.2 Å². The van der Waals surface area contributed by atoms with Gasteiger partial charge in [-0.15, -0.1) is 0 Å². The maximum absolute atomic E-state index is 10.6. The quantitative estimate of drug-likeness (QED) is 0.272. The Hall–Kier alpha value is -3.21. The first kappa shape index (κ1) is 20.1. The molecule has 1 amide bonds. The fourth-order valence-electron chi connectivity index (χ4n) is 2.63. The van der Waals surface area contributed by atoms with E-state index >= 15 is 0 Å². The predicted molar refractivity (Wildman–Crippen MR) is 109 cm³/mol. The number of aromatic hydroxyl groups is 2. The van der Waals surface area contributed by atoms with Gasteiger partial charge in [-0.05, 0) is 56.5 Å². The van der Waals surface area contributed by atoms with E-state index < -0.39 is 0 Å². The molecule has 5 nitrogen and oxygen atoms in total. The summed E-state index contributed by atoms with van der Waals surface area (Å²) < 4.78 is 5.70. The maximum atomic E-state index is 10.6. The minimum atomic E-state index is -0.000477. The lowest BCUT2D eigenvalue weighted by atomic mass is 10.00. The van der Waals surface area contributed by atoms with E-state index in [1.165, 1.54) is 11.6 Å². The molecule has 0 bridgehead atoms. The number of carbonyl (C=O) groups excluding carboxylic acids is 1. The van der Waals surface area contributed by atoms with E-state index in [1.54, 1.807) is 24.3 Å². The second kappa shape index (κ2) is 9.48. The molecule has 0 atom stereocenters. The zero-order chi connectivity index (χ0) is 19.8. The average Bonchev–Trinajstić information content (AvgIpc) is 2.61. The van der Waals surface area contributed by atoms with Crippen LogP contribution >= 0.6 is 0 Å². The van der Waals surface area contributed by atoms with Crippen molar-refractivity contribution in [2.75, 3.05) is 11.9 Å². The van der Waals surface area contributed by atoms with Crippen LogP contribution in [0.3, 0.4) is 0 Å². The van der Waals surface area contributed by atoms with Crippen LogP contribution in [-0.4, -0.2) is 23.2 Å². The third-order valence-corrected chi connectivity index (χ3v) is 3.93. The van der Waals surface area contributed by atoms with Crippen LogP contribution in [0, 0.1) is 0 Å². The summed E-state index contributed by atoms with van der Waals surface area (Å²) in [5.41, 5.74) is 4.16. The van der Waals surface area contributed by atoms with Gasteiger partial charge in [0, 0.05) is 11.6 Å². The van der Waals surface area contributed by atoms with Crippen LogP contribution < -0.4 is 10.1 Å². The molecule has 27 heavy (non-hydrogen) atoms. The zero-order valence-electron chi connectivity index (χ0n) is 15.8. The molecule has 5 heteroatoms. The zero-order valence-corrected chi connectivity index (χ0v) is 15.8. The Balaban J connectivity index is 2.44. The first-order valence-electron chi connectivity index (χ1n) is 8.78. The Labute approximate surface area is 159 Å². The summed E-state index contributed by atoms with van der Waals surface area (Å²) in [7, 11) is 0. The lowest BCUT2D eigenvalue weighted by Crippen LogP contribution is -1.99. The van der Waals surface area contributed by atoms with Crippen LogP contribution in [0.1, 0.15) is 37.5 Å². The second-order valence-electron chi connectivity index (χ2n) is 6.30. The van der Waals surface area contributed by atoms with Gasteiger partial charge in [-0.1, -0.05) is 29.9 Å². The number of ether oxygens (including phenoxy) is 1. The topological polar surface area (TPSA) is 78.8 Å². The van der Waals surface area contributed by atoms with E-state index in [0.29, 0.717) is 30.9 Å². The van der Waals surface area contributed by atoms with Gasteiger partial charge in [-0.3, -0.25) is 4.79 Å². The van der Waals surface area contributed by atoms with E-state index in [0.717, 1.165) is 16.7 Å². The standard InChI is InChI=1S/C22H25NO4/c1-4-27-22-13-18(25)12-17(19(22)9-5-15(2)3)8-6-16-7-10-21(26)20(11-16)23-14-24/h5-8,10-14,25-26H,4,9H2,1-3H3,(H,23,24)/b8-6+. The average molecular weight is 367 g/mol. The Kier molecular flexibility index (Phi) is 7.06. The van der Waals surface area contributed by atoms with Gasteiger partial charge < -0.3 is 20.3 Å². The molecule has 2 rings (SSSR count). The normalized spacial score (nSPS) is 10.6. The van der Waals surface area contributed by atoms with E-state index in [2.05, 4.69) is 11.4 Å². The van der Waals surface area contributed by atoms with Crippen LogP contribution in [0.15, 0.2) is 42.0 Å². The van der Waals surface area contributed by atoms with Crippen LogP contribution in [0.2, 0.25) is 0 Å². The predicted octanol–water partition coefficient (Wildman–Crippen LogP) is 4.74. The summed E-state index contributed by atoms with van der Waals surface area (Å²) in [6, 6.07) is 8.25. The monoisotopic (exact) mass is 367 g/mol. The summed E-state index contributed by atoms with van der Waals surface area (Å²) in [4.78, 5) is 10.6. The molecule has 3 N–H and O–H groups in total. The van der Waals surface area contributed by atoms with Gasteiger partial charge in [0.05, 0.1) is 12.3 Å². The Morgan fingerprint density at radius 2 is 1.93 bits per heavy atom. The van der Waals surface area contributed by atoms with E-state index in [4.69, 9.17) is 4.74 Å². The number of rotatable bonds is 8. The van der Waals surface area contributed by atoms with Crippen molar-refractivity contribution in [1.29, 1.82) is 0 Å². The highest BCUT2D eigenvalue weighted by molar-refractivity contribution is 5.80. The minimum absolute atomic E-state index is 0.000477. The molecule has 0 aliphatic carbocycles. The van der Waals surface area contributed by atoms with Crippen LogP contribution in [-0.2, 0) is 11.2 Å². The number of hydrogen-bond acceptors (Lipinski definition) is 4. The Morgan fingerprint density at radius 3 is 2.59 bits per heavy atom. The van der Waals surface area contributed by atoms with Crippen molar-refractivity contribution >= 4 is 24.2 Å². The number of phenols is 2. The largest absolute Gasteiger partial charge is 0.508 e. The van der Waals surface area contributed by atoms with Crippen molar-refractivity contribution in [2.24, 2.45) is 0 Å². The summed E-state index contributed by atoms with van der Waals surface area (Å²) in [6.07, 6.45) is 7.05. The number of anilines is 1. The SMILES string of the molecule is CCOc1cc(O)cc(/C=C/c2ccc(O)c(NC=O)c2)c1CC=C(C)C. The second-order valence-corrected chi connectivity index (χ2v) is 6.30. The first-order chi connectivity index (χ1) is 12.9. The molecule has 0 saturated carbocycles. The third kappa shape index (κ3) is 5.64. The first-order valence-corrected chi connectivity index (χ1v) is 8.78. The molecule has 142 valence electrons. The molecule has 0 aliphatic heterocycles. The Bertz CT molecular complexity index is 865. The van der Waals surface area contributed by atoms with Crippen molar-refractivity contribution in [1.82, 2.24) is 0 Å². The highest BCUT2D eigenvalue weighted by Gasteiger charge is 2.10. The Morgan fingerprint density at radius 1 is 1.15 bits per heavy atom. The van der Waals surface area contributed by atoms with Gasteiger partial charge in [-0.25, -0.2) is 0 Å². The fourth-order valence-corrected chi connectivity index (χ4v) is 2.63. The summed E-state index contributed by atoms with van der Waals surface area (Å²) in [5, 5.41) is 22.3. The molecule has 0 unspecified atom stereocenters. The lowest BCUT2D eigenvalue weighted by Gasteiger charge is -2.13. The van der Waals surface area contributed by atoms with E-state index in [1.807, 2.05) is 32.9 Å². The number of nitrogens with one attached hydrogen (secondary N) is 1. The fraction of sp³-hybridized carbons (Fsp3) is 0.227. The van der Waals surface area contributed by atoms with Gasteiger partial charge in [0.1, 0.15) is 17.2 Å². The van der Waals surface area contributed by atoms with Gasteiger partial charge in [-0.2, -0.15) is 0 Å². The molecule has 0 heterocycles. The van der Waals surface area contributed by atoms with Gasteiger partial charge in [0.2, 0.25) is 6.41 Å². The molecule has 0 fully saturated rings. The van der Waals surface area contributed by atoms with Crippen LogP contribution in [0.25, 0.3) is 12.2 Å². The molecule has 0 saturated heterocycles. The van der Waals surface area contributed by atoms with Crippen LogP contribution in [0.4, 0.5) is 5.69 Å². The lowest BCUT2D eigenvalue weighted by molar-refractivity contribution is -0.105.